The van der Waals surface area contributed by atoms with Crippen LogP contribution in [0.25, 0.3) is 0 Å². The zero-order chi connectivity index (χ0) is 12.1. The molecule has 1 aromatic carbocycles. The highest BCUT2D eigenvalue weighted by atomic mass is 16.5. The van der Waals surface area contributed by atoms with Crippen LogP contribution in [0.5, 0.6) is 11.5 Å². The van der Waals surface area contributed by atoms with Crippen LogP contribution in [0.3, 0.4) is 0 Å². The van der Waals surface area contributed by atoms with Gasteiger partial charge in [-0.2, -0.15) is 0 Å². The number of likely N-dealkylation sites (N-methyl/N-ethyl adjacent to an activating group) is 1. The molecule has 1 rings (SSSR count). The molecule has 0 saturated carbocycles. The van der Waals surface area contributed by atoms with E-state index in [0.717, 1.165) is 22.6 Å². The van der Waals surface area contributed by atoms with Gasteiger partial charge in [-0.3, -0.25) is 0 Å². The molecule has 16 heavy (non-hydrogen) atoms. The van der Waals surface area contributed by atoms with Gasteiger partial charge in [-0.1, -0.05) is 12.2 Å². The van der Waals surface area contributed by atoms with Gasteiger partial charge in [0, 0.05) is 6.07 Å². The second-order valence-corrected chi connectivity index (χ2v) is 3.71. The van der Waals surface area contributed by atoms with E-state index in [1.165, 1.54) is 0 Å². The van der Waals surface area contributed by atoms with E-state index in [1.807, 2.05) is 32.2 Å². The van der Waals surface area contributed by atoms with Crippen molar-refractivity contribution in [1.29, 1.82) is 0 Å². The molecule has 0 spiro atoms. The van der Waals surface area contributed by atoms with Gasteiger partial charge in [0.2, 0.25) is 0 Å². The Kier molecular flexibility index (Phi) is 4.38. The van der Waals surface area contributed by atoms with E-state index in [2.05, 4.69) is 11.9 Å². The average molecular weight is 221 g/mol. The zero-order valence-electron chi connectivity index (χ0n) is 10.3. The van der Waals surface area contributed by atoms with Crippen LogP contribution in [0.2, 0.25) is 0 Å². The van der Waals surface area contributed by atoms with Gasteiger partial charge in [-0.15, -0.1) is 0 Å². The number of hydrogen-bond acceptors (Lipinski definition) is 3. The number of hydrogen-bond donors (Lipinski definition) is 1. The van der Waals surface area contributed by atoms with Crippen LogP contribution in [0.1, 0.15) is 18.5 Å². The monoisotopic (exact) mass is 221 g/mol. The van der Waals surface area contributed by atoms with E-state index >= 15 is 0 Å². The molecule has 0 radical (unpaired) electrons. The Hall–Kier alpha value is -1.48. The fourth-order valence-corrected chi connectivity index (χ4v) is 1.69. The van der Waals surface area contributed by atoms with Crippen molar-refractivity contribution in [2.24, 2.45) is 0 Å². The molecule has 0 aliphatic heterocycles. The highest BCUT2D eigenvalue weighted by Crippen LogP contribution is 2.28. The van der Waals surface area contributed by atoms with E-state index in [9.17, 15) is 0 Å². The van der Waals surface area contributed by atoms with Crippen LogP contribution in [-0.4, -0.2) is 21.3 Å². The second-order valence-electron chi connectivity index (χ2n) is 3.71. The maximum atomic E-state index is 5.23. The van der Waals surface area contributed by atoms with Gasteiger partial charge in [-0.05, 0) is 31.7 Å². The summed E-state index contributed by atoms with van der Waals surface area (Å²) in [4.78, 5) is 0. The summed E-state index contributed by atoms with van der Waals surface area (Å²) in [6, 6.07) is 5.94. The largest absolute Gasteiger partial charge is 0.497 e. The van der Waals surface area contributed by atoms with Gasteiger partial charge in [-0.25, -0.2) is 0 Å². The Morgan fingerprint density at radius 1 is 1.19 bits per heavy atom. The molecule has 3 heteroatoms. The van der Waals surface area contributed by atoms with Gasteiger partial charge in [0.05, 0.1) is 20.3 Å². The summed E-state index contributed by atoms with van der Waals surface area (Å²) in [6.07, 6.45) is 0. The van der Waals surface area contributed by atoms with Crippen molar-refractivity contribution in [3.05, 3.63) is 35.9 Å². The standard InChI is InChI=1S/C13H19NO2/c1-9(2)13(14-3)10-6-11(15-4)8-12(7-10)16-5/h6-8,13-14H,1H2,2-5H3. The van der Waals surface area contributed by atoms with Gasteiger partial charge in [0.25, 0.3) is 0 Å². The molecule has 1 atom stereocenters. The van der Waals surface area contributed by atoms with E-state index < -0.39 is 0 Å². The smallest absolute Gasteiger partial charge is 0.122 e. The third kappa shape index (κ3) is 2.76. The van der Waals surface area contributed by atoms with Crippen LogP contribution >= 0.6 is 0 Å². The summed E-state index contributed by atoms with van der Waals surface area (Å²) < 4.78 is 10.5. The average Bonchev–Trinajstić information content (AvgIpc) is 2.29. The fraction of sp³-hybridized carbons (Fsp3) is 0.385. The molecule has 0 amide bonds. The molecular formula is C13H19NO2. The lowest BCUT2D eigenvalue weighted by molar-refractivity contribution is 0.392. The van der Waals surface area contributed by atoms with Crippen LogP contribution in [-0.2, 0) is 0 Å². The second kappa shape index (κ2) is 5.56. The van der Waals surface area contributed by atoms with Gasteiger partial charge >= 0.3 is 0 Å². The molecule has 1 unspecified atom stereocenters. The minimum Gasteiger partial charge on any atom is -0.497 e. The summed E-state index contributed by atoms with van der Waals surface area (Å²) in [5.41, 5.74) is 2.14. The Balaban J connectivity index is 3.15. The third-order valence-electron chi connectivity index (χ3n) is 2.49. The summed E-state index contributed by atoms with van der Waals surface area (Å²) >= 11 is 0. The van der Waals surface area contributed by atoms with Crippen molar-refractivity contribution < 1.29 is 9.47 Å². The lowest BCUT2D eigenvalue weighted by atomic mass is 10.0. The Labute approximate surface area is 97.1 Å². The molecule has 0 aliphatic carbocycles. The molecule has 0 fully saturated rings. The molecule has 0 saturated heterocycles. The van der Waals surface area contributed by atoms with Crippen molar-refractivity contribution in [2.45, 2.75) is 13.0 Å². The Morgan fingerprint density at radius 2 is 1.69 bits per heavy atom. The summed E-state index contributed by atoms with van der Waals surface area (Å²) in [5.74, 6) is 1.58. The molecule has 0 aromatic heterocycles. The van der Waals surface area contributed by atoms with Crippen molar-refractivity contribution in [2.75, 3.05) is 21.3 Å². The van der Waals surface area contributed by atoms with Crippen LogP contribution in [0.15, 0.2) is 30.4 Å². The van der Waals surface area contributed by atoms with Crippen molar-refractivity contribution >= 4 is 0 Å². The molecule has 0 bridgehead atoms. The molecule has 0 aliphatic rings. The minimum absolute atomic E-state index is 0.115. The third-order valence-corrected chi connectivity index (χ3v) is 2.49. The quantitative estimate of drug-likeness (QED) is 0.775. The first-order valence-electron chi connectivity index (χ1n) is 5.18. The minimum atomic E-state index is 0.115. The van der Waals surface area contributed by atoms with E-state index in [0.29, 0.717) is 0 Å². The first-order valence-corrected chi connectivity index (χ1v) is 5.18. The number of methoxy groups -OCH3 is 2. The maximum absolute atomic E-state index is 5.23. The molecule has 3 nitrogen and oxygen atoms in total. The Morgan fingerprint density at radius 3 is 2.00 bits per heavy atom. The number of ether oxygens (including phenoxy) is 2. The van der Waals surface area contributed by atoms with E-state index in [-0.39, 0.29) is 6.04 Å². The van der Waals surface area contributed by atoms with Crippen LogP contribution in [0.4, 0.5) is 0 Å². The first-order chi connectivity index (χ1) is 7.62. The molecular weight excluding hydrogens is 202 g/mol. The summed E-state index contributed by atoms with van der Waals surface area (Å²) in [5, 5.41) is 3.21. The van der Waals surface area contributed by atoms with Crippen LogP contribution in [0, 0.1) is 0 Å². The molecule has 88 valence electrons. The molecule has 0 heterocycles. The lowest BCUT2D eigenvalue weighted by Crippen LogP contribution is -2.17. The number of rotatable bonds is 5. The first kappa shape index (κ1) is 12.6. The summed E-state index contributed by atoms with van der Waals surface area (Å²) in [6.45, 7) is 5.96. The maximum Gasteiger partial charge on any atom is 0.122 e. The number of benzene rings is 1. The fourth-order valence-electron chi connectivity index (χ4n) is 1.69. The van der Waals surface area contributed by atoms with E-state index in [1.54, 1.807) is 14.2 Å². The SMILES string of the molecule is C=C(C)C(NC)c1cc(OC)cc(OC)c1. The van der Waals surface area contributed by atoms with Crippen molar-refractivity contribution in [3.63, 3.8) is 0 Å². The highest BCUT2D eigenvalue weighted by molar-refractivity contribution is 5.41. The molecule has 1 aromatic rings. The lowest BCUT2D eigenvalue weighted by Gasteiger charge is -2.18. The van der Waals surface area contributed by atoms with Crippen molar-refractivity contribution in [1.82, 2.24) is 5.32 Å². The van der Waals surface area contributed by atoms with E-state index in [4.69, 9.17) is 9.47 Å². The topological polar surface area (TPSA) is 30.5 Å². The predicted octanol–water partition coefficient (Wildman–Crippen LogP) is 2.54. The van der Waals surface area contributed by atoms with Gasteiger partial charge in [0.15, 0.2) is 0 Å². The van der Waals surface area contributed by atoms with Crippen LogP contribution < -0.4 is 14.8 Å². The zero-order valence-corrected chi connectivity index (χ0v) is 10.3. The normalized spacial score (nSPS) is 12.0. The number of nitrogens with one attached hydrogen (secondary N) is 1. The Bertz CT molecular complexity index is 352. The van der Waals surface area contributed by atoms with Gasteiger partial charge < -0.3 is 14.8 Å². The summed E-state index contributed by atoms with van der Waals surface area (Å²) in [7, 11) is 5.20. The highest BCUT2D eigenvalue weighted by Gasteiger charge is 2.12. The predicted molar refractivity (Wildman–Crippen MR) is 66.2 cm³/mol. The van der Waals surface area contributed by atoms with Crippen molar-refractivity contribution in [3.8, 4) is 11.5 Å². The molecule has 1 N–H and O–H groups in total. The van der Waals surface area contributed by atoms with Gasteiger partial charge in [0.1, 0.15) is 11.5 Å².